The first-order chi connectivity index (χ1) is 11.5. The van der Waals surface area contributed by atoms with Crippen LogP contribution in [0.15, 0.2) is 66.9 Å². The molecule has 3 rings (SSSR count). The van der Waals surface area contributed by atoms with Crippen molar-refractivity contribution in [2.24, 2.45) is 11.3 Å². The monoisotopic (exact) mass is 319 g/mol. The average molecular weight is 319 g/mol. The van der Waals surface area contributed by atoms with E-state index in [9.17, 15) is 0 Å². The molecule has 2 aromatic carbocycles. The van der Waals surface area contributed by atoms with Crippen LogP contribution in [0.5, 0.6) is 0 Å². The number of aromatic nitrogens is 3. The molecule has 0 aliphatic rings. The lowest BCUT2D eigenvalue weighted by molar-refractivity contribution is 0.235. The smallest absolute Gasteiger partial charge is 0.0834 e. The summed E-state index contributed by atoms with van der Waals surface area (Å²) < 4.78 is 1.86. The normalized spacial score (nSPS) is 13.0. The molecule has 24 heavy (non-hydrogen) atoms. The highest BCUT2D eigenvalue weighted by atomic mass is 15.4. The fourth-order valence-corrected chi connectivity index (χ4v) is 2.93. The highest BCUT2D eigenvalue weighted by Gasteiger charge is 2.26. The van der Waals surface area contributed by atoms with Crippen molar-refractivity contribution >= 4 is 0 Å². The number of rotatable bonds is 5. The first-order valence-corrected chi connectivity index (χ1v) is 8.53. The van der Waals surface area contributed by atoms with Gasteiger partial charge in [-0.3, -0.25) is 0 Å². The third kappa shape index (κ3) is 4.10. The Balaban J connectivity index is 1.77. The second-order valence-corrected chi connectivity index (χ2v) is 7.45. The molecule has 0 unspecified atom stereocenters. The second-order valence-electron chi connectivity index (χ2n) is 7.45. The third-order valence-electron chi connectivity index (χ3n) is 4.57. The Morgan fingerprint density at radius 1 is 0.875 bits per heavy atom. The van der Waals surface area contributed by atoms with E-state index in [4.69, 9.17) is 0 Å². The van der Waals surface area contributed by atoms with Gasteiger partial charge in [0.05, 0.1) is 17.6 Å². The molecule has 3 nitrogen and oxygen atoms in total. The maximum absolute atomic E-state index is 4.40. The molecule has 0 saturated heterocycles. The van der Waals surface area contributed by atoms with Crippen molar-refractivity contribution in [3.8, 4) is 5.69 Å². The van der Waals surface area contributed by atoms with Gasteiger partial charge in [-0.2, -0.15) is 0 Å². The van der Waals surface area contributed by atoms with Gasteiger partial charge >= 0.3 is 0 Å². The predicted molar refractivity (Wildman–Crippen MR) is 98.2 cm³/mol. The van der Waals surface area contributed by atoms with Gasteiger partial charge < -0.3 is 0 Å². The minimum atomic E-state index is 0.215. The molecule has 0 spiro atoms. The molecule has 1 heterocycles. The number of hydrogen-bond acceptors (Lipinski definition) is 2. The van der Waals surface area contributed by atoms with Gasteiger partial charge in [0.15, 0.2) is 0 Å². The minimum Gasteiger partial charge on any atom is -0.220 e. The number of benzene rings is 2. The van der Waals surface area contributed by atoms with E-state index in [-0.39, 0.29) is 5.41 Å². The number of nitrogens with zero attached hydrogens (tertiary/aromatic N) is 3. The van der Waals surface area contributed by atoms with E-state index in [1.807, 2.05) is 35.0 Å². The van der Waals surface area contributed by atoms with Crippen molar-refractivity contribution in [2.45, 2.75) is 33.6 Å². The molecule has 1 aromatic heterocycles. The lowest BCUT2D eigenvalue weighted by atomic mass is 9.75. The Morgan fingerprint density at radius 3 is 2.12 bits per heavy atom. The lowest BCUT2D eigenvalue weighted by Crippen LogP contribution is -2.25. The molecule has 0 fully saturated rings. The van der Waals surface area contributed by atoms with E-state index in [0.29, 0.717) is 5.92 Å². The molecule has 0 saturated carbocycles. The summed E-state index contributed by atoms with van der Waals surface area (Å²) in [7, 11) is 0. The maximum atomic E-state index is 4.40. The van der Waals surface area contributed by atoms with Crippen LogP contribution in [-0.2, 0) is 12.8 Å². The Morgan fingerprint density at radius 2 is 1.50 bits per heavy atom. The van der Waals surface area contributed by atoms with Gasteiger partial charge in [0.25, 0.3) is 0 Å². The van der Waals surface area contributed by atoms with Crippen LogP contribution < -0.4 is 0 Å². The van der Waals surface area contributed by atoms with Gasteiger partial charge in [-0.05, 0) is 41.9 Å². The molecule has 124 valence electrons. The third-order valence-corrected chi connectivity index (χ3v) is 4.57. The molecule has 3 aromatic rings. The first kappa shape index (κ1) is 16.4. The van der Waals surface area contributed by atoms with Gasteiger partial charge in [0.1, 0.15) is 0 Å². The van der Waals surface area contributed by atoms with E-state index >= 15 is 0 Å². The first-order valence-electron chi connectivity index (χ1n) is 8.53. The van der Waals surface area contributed by atoms with Gasteiger partial charge in [-0.1, -0.05) is 74.5 Å². The maximum Gasteiger partial charge on any atom is 0.0834 e. The van der Waals surface area contributed by atoms with Gasteiger partial charge in [-0.25, -0.2) is 4.68 Å². The SMILES string of the molecule is CC(C)(C)[C@@H](Cc1ccccc1)Cc1cn(-c2ccccc2)nn1. The predicted octanol–water partition coefficient (Wildman–Crippen LogP) is 4.71. The molecular formula is C21H25N3. The molecule has 0 amide bonds. The van der Waals surface area contributed by atoms with Crippen LogP contribution in [0.4, 0.5) is 0 Å². The Hall–Kier alpha value is -2.42. The summed E-state index contributed by atoms with van der Waals surface area (Å²) in [5.41, 5.74) is 3.70. The van der Waals surface area contributed by atoms with Crippen molar-refractivity contribution in [3.63, 3.8) is 0 Å². The van der Waals surface area contributed by atoms with E-state index in [1.54, 1.807) is 0 Å². The summed E-state index contributed by atoms with van der Waals surface area (Å²) in [5, 5.41) is 8.70. The quantitative estimate of drug-likeness (QED) is 0.681. The summed E-state index contributed by atoms with van der Waals surface area (Å²) in [6.07, 6.45) is 4.05. The molecule has 1 atom stereocenters. The summed E-state index contributed by atoms with van der Waals surface area (Å²) in [6.45, 7) is 6.92. The highest BCUT2D eigenvalue weighted by molar-refractivity contribution is 5.30. The fourth-order valence-electron chi connectivity index (χ4n) is 2.93. The van der Waals surface area contributed by atoms with Crippen LogP contribution >= 0.6 is 0 Å². The topological polar surface area (TPSA) is 30.7 Å². The van der Waals surface area contributed by atoms with Crippen molar-refractivity contribution in [3.05, 3.63) is 78.1 Å². The molecular weight excluding hydrogens is 294 g/mol. The van der Waals surface area contributed by atoms with Gasteiger partial charge in [-0.15, -0.1) is 5.10 Å². The molecule has 0 bridgehead atoms. The van der Waals surface area contributed by atoms with Crippen LogP contribution in [0, 0.1) is 11.3 Å². The molecule has 0 radical (unpaired) electrons. The average Bonchev–Trinajstić information content (AvgIpc) is 3.04. The van der Waals surface area contributed by atoms with Gasteiger partial charge in [0, 0.05) is 0 Å². The van der Waals surface area contributed by atoms with E-state index in [1.165, 1.54) is 5.56 Å². The van der Waals surface area contributed by atoms with Crippen molar-refractivity contribution in [1.82, 2.24) is 15.0 Å². The Kier molecular flexibility index (Phi) is 4.79. The van der Waals surface area contributed by atoms with Crippen molar-refractivity contribution in [1.29, 1.82) is 0 Å². The van der Waals surface area contributed by atoms with Crippen LogP contribution in [-0.4, -0.2) is 15.0 Å². The Labute approximate surface area is 144 Å². The zero-order valence-corrected chi connectivity index (χ0v) is 14.7. The van der Waals surface area contributed by atoms with Crippen LogP contribution in [0.1, 0.15) is 32.0 Å². The largest absolute Gasteiger partial charge is 0.220 e. The van der Waals surface area contributed by atoms with Gasteiger partial charge in [0.2, 0.25) is 0 Å². The van der Waals surface area contributed by atoms with E-state index in [2.05, 4.69) is 67.6 Å². The van der Waals surface area contributed by atoms with Crippen molar-refractivity contribution < 1.29 is 0 Å². The molecule has 3 heteroatoms. The standard InChI is InChI=1S/C21H25N3/c1-21(2,3)18(14-17-10-6-4-7-11-17)15-19-16-24(23-22-19)20-12-8-5-9-13-20/h4-13,16,18H,14-15H2,1-3H3/t18-/m0/s1. The lowest BCUT2D eigenvalue weighted by Gasteiger charge is -2.30. The van der Waals surface area contributed by atoms with E-state index in [0.717, 1.165) is 24.2 Å². The summed E-state index contributed by atoms with van der Waals surface area (Å²) in [6, 6.07) is 20.8. The number of hydrogen-bond donors (Lipinski definition) is 0. The van der Waals surface area contributed by atoms with Crippen LogP contribution in [0.25, 0.3) is 5.69 Å². The summed E-state index contributed by atoms with van der Waals surface area (Å²) in [5.74, 6) is 0.515. The second kappa shape index (κ2) is 7.00. The molecule has 0 aliphatic carbocycles. The van der Waals surface area contributed by atoms with E-state index < -0.39 is 0 Å². The zero-order valence-electron chi connectivity index (χ0n) is 14.7. The highest BCUT2D eigenvalue weighted by Crippen LogP contribution is 2.31. The minimum absolute atomic E-state index is 0.215. The molecule has 0 N–H and O–H groups in total. The van der Waals surface area contributed by atoms with Crippen molar-refractivity contribution in [2.75, 3.05) is 0 Å². The number of para-hydroxylation sites is 1. The van der Waals surface area contributed by atoms with Crippen LogP contribution in [0.3, 0.4) is 0 Å². The summed E-state index contributed by atoms with van der Waals surface area (Å²) in [4.78, 5) is 0. The fraction of sp³-hybridized carbons (Fsp3) is 0.333. The summed E-state index contributed by atoms with van der Waals surface area (Å²) >= 11 is 0. The van der Waals surface area contributed by atoms with Crippen LogP contribution in [0.2, 0.25) is 0 Å². The zero-order chi connectivity index (χ0) is 17.0. The molecule has 0 aliphatic heterocycles. The Bertz CT molecular complexity index is 755.